The lowest BCUT2D eigenvalue weighted by atomic mass is 9.96. The molecule has 0 aliphatic rings. The van der Waals surface area contributed by atoms with Crippen LogP contribution in [-0.4, -0.2) is 24.7 Å². The van der Waals surface area contributed by atoms with Crippen LogP contribution in [0.15, 0.2) is 22.7 Å². The molecule has 0 saturated heterocycles. The fraction of sp³-hybridized carbons (Fsp3) is 0.462. The second-order valence-corrected chi connectivity index (χ2v) is 6.24. The molecule has 0 spiro atoms. The number of hydrogen-bond acceptors (Lipinski definition) is 2. The highest BCUT2D eigenvalue weighted by Gasteiger charge is 2.15. The highest BCUT2D eigenvalue weighted by Crippen LogP contribution is 2.26. The topological polar surface area (TPSA) is 40.5 Å². The van der Waals surface area contributed by atoms with Crippen LogP contribution in [0.4, 0.5) is 5.69 Å². The van der Waals surface area contributed by atoms with E-state index in [2.05, 4.69) is 41.6 Å². The first-order valence-electron chi connectivity index (χ1n) is 5.45. The molecule has 0 saturated carbocycles. The highest BCUT2D eigenvalue weighted by atomic mass is 79.9. The number of carbonyl (C=O) groups is 1. The minimum atomic E-state index is -0.915. The highest BCUT2D eigenvalue weighted by molar-refractivity contribution is 9.10. The zero-order chi connectivity index (χ0) is 13.2. The van der Waals surface area contributed by atoms with E-state index >= 15 is 0 Å². The van der Waals surface area contributed by atoms with E-state index in [-0.39, 0.29) is 11.0 Å². The summed E-state index contributed by atoms with van der Waals surface area (Å²) < 4.78 is 0.614. The Morgan fingerprint density at radius 2 is 2.00 bits per heavy atom. The van der Waals surface area contributed by atoms with E-state index in [1.807, 2.05) is 19.2 Å². The molecule has 0 aliphatic carbocycles. The van der Waals surface area contributed by atoms with Crippen LogP contribution >= 0.6 is 15.9 Å². The van der Waals surface area contributed by atoms with Gasteiger partial charge in [0.05, 0.1) is 5.56 Å². The number of nitrogens with zero attached hydrogens (tertiary/aromatic N) is 1. The maximum absolute atomic E-state index is 10.9. The van der Waals surface area contributed by atoms with Gasteiger partial charge >= 0.3 is 5.97 Å². The molecule has 4 heteroatoms. The molecule has 3 nitrogen and oxygen atoms in total. The standard InChI is InChI=1S/C13H18BrNO2/c1-13(2,3)8-15(4)9-5-6-10(12(16)17)11(14)7-9/h5-7H,8H2,1-4H3,(H,16,17). The van der Waals surface area contributed by atoms with E-state index in [1.54, 1.807) is 6.07 Å². The van der Waals surface area contributed by atoms with Crippen molar-refractivity contribution in [3.05, 3.63) is 28.2 Å². The molecule has 1 aromatic rings. The summed E-state index contributed by atoms with van der Waals surface area (Å²) in [6.45, 7) is 7.42. The van der Waals surface area contributed by atoms with Crippen LogP contribution < -0.4 is 4.90 Å². The van der Waals surface area contributed by atoms with Gasteiger partial charge in [0.2, 0.25) is 0 Å². The van der Waals surface area contributed by atoms with Crippen molar-refractivity contribution in [2.24, 2.45) is 5.41 Å². The maximum Gasteiger partial charge on any atom is 0.336 e. The minimum absolute atomic E-state index is 0.201. The van der Waals surface area contributed by atoms with E-state index in [1.165, 1.54) is 0 Å². The number of halogens is 1. The summed E-state index contributed by atoms with van der Waals surface area (Å²) in [6.07, 6.45) is 0. The van der Waals surface area contributed by atoms with Gasteiger partial charge in [0.1, 0.15) is 0 Å². The molecule has 0 bridgehead atoms. The summed E-state index contributed by atoms with van der Waals surface area (Å²) in [4.78, 5) is 13.0. The number of carboxylic acids is 1. The molecule has 1 aromatic carbocycles. The second kappa shape index (κ2) is 5.08. The van der Waals surface area contributed by atoms with Crippen LogP contribution in [0, 0.1) is 5.41 Å². The average Bonchev–Trinajstić information content (AvgIpc) is 2.14. The third-order valence-corrected chi connectivity index (χ3v) is 2.99. The SMILES string of the molecule is CN(CC(C)(C)C)c1ccc(C(=O)O)c(Br)c1. The predicted molar refractivity (Wildman–Crippen MR) is 73.8 cm³/mol. The van der Waals surface area contributed by atoms with Crippen molar-refractivity contribution in [1.82, 2.24) is 0 Å². The normalized spacial score (nSPS) is 11.4. The van der Waals surface area contributed by atoms with E-state index in [0.717, 1.165) is 12.2 Å². The first-order chi connectivity index (χ1) is 7.70. The zero-order valence-corrected chi connectivity index (χ0v) is 12.2. The number of benzene rings is 1. The summed E-state index contributed by atoms with van der Waals surface area (Å²) in [6, 6.07) is 5.30. The Morgan fingerprint density at radius 1 is 1.41 bits per heavy atom. The van der Waals surface area contributed by atoms with E-state index in [4.69, 9.17) is 5.11 Å². The number of hydrogen-bond donors (Lipinski definition) is 1. The van der Waals surface area contributed by atoms with E-state index in [0.29, 0.717) is 4.47 Å². The Bertz CT molecular complexity index is 424. The van der Waals surface area contributed by atoms with Crippen LogP contribution in [-0.2, 0) is 0 Å². The lowest BCUT2D eigenvalue weighted by molar-refractivity contribution is 0.0696. The van der Waals surface area contributed by atoms with E-state index < -0.39 is 5.97 Å². The average molecular weight is 300 g/mol. The molecule has 0 atom stereocenters. The molecule has 0 aliphatic heterocycles. The lowest BCUT2D eigenvalue weighted by Gasteiger charge is -2.28. The minimum Gasteiger partial charge on any atom is -0.478 e. The van der Waals surface area contributed by atoms with Crippen molar-refractivity contribution in [3.8, 4) is 0 Å². The number of anilines is 1. The summed E-state index contributed by atoms with van der Waals surface area (Å²) in [5.41, 5.74) is 1.50. The van der Waals surface area contributed by atoms with Crippen LogP contribution in [0.25, 0.3) is 0 Å². The molecule has 0 heterocycles. The summed E-state index contributed by atoms with van der Waals surface area (Å²) in [5.74, 6) is -0.915. The first kappa shape index (κ1) is 14.0. The molecule has 17 heavy (non-hydrogen) atoms. The van der Waals surface area contributed by atoms with Crippen molar-refractivity contribution in [3.63, 3.8) is 0 Å². The maximum atomic E-state index is 10.9. The Balaban J connectivity index is 2.94. The third kappa shape index (κ3) is 4.04. The molecule has 0 radical (unpaired) electrons. The summed E-state index contributed by atoms with van der Waals surface area (Å²) in [5, 5.41) is 8.94. The van der Waals surface area contributed by atoms with Crippen molar-refractivity contribution in [2.45, 2.75) is 20.8 Å². The van der Waals surface area contributed by atoms with Crippen LogP contribution in [0.1, 0.15) is 31.1 Å². The Labute approximate surface area is 111 Å². The largest absolute Gasteiger partial charge is 0.478 e. The first-order valence-corrected chi connectivity index (χ1v) is 6.24. The van der Waals surface area contributed by atoms with Gasteiger partial charge < -0.3 is 10.0 Å². The van der Waals surface area contributed by atoms with Gasteiger partial charge in [-0.3, -0.25) is 0 Å². The van der Waals surface area contributed by atoms with Crippen LogP contribution in [0.5, 0.6) is 0 Å². The molecule has 94 valence electrons. The Hall–Kier alpha value is -1.03. The smallest absolute Gasteiger partial charge is 0.336 e. The molecule has 0 unspecified atom stereocenters. The van der Waals surface area contributed by atoms with Gasteiger partial charge in [0.25, 0.3) is 0 Å². The monoisotopic (exact) mass is 299 g/mol. The van der Waals surface area contributed by atoms with Crippen LogP contribution in [0.2, 0.25) is 0 Å². The quantitative estimate of drug-likeness (QED) is 0.926. The molecule has 1 N–H and O–H groups in total. The zero-order valence-electron chi connectivity index (χ0n) is 10.6. The van der Waals surface area contributed by atoms with Crippen molar-refractivity contribution in [2.75, 3.05) is 18.5 Å². The van der Waals surface area contributed by atoms with Gasteiger partial charge in [-0.05, 0) is 39.5 Å². The fourth-order valence-corrected chi connectivity index (χ4v) is 2.25. The van der Waals surface area contributed by atoms with E-state index in [9.17, 15) is 4.79 Å². The Kier molecular flexibility index (Phi) is 4.20. The third-order valence-electron chi connectivity index (χ3n) is 2.34. The molecular weight excluding hydrogens is 282 g/mol. The molecule has 1 rings (SSSR count). The van der Waals surface area contributed by atoms with Gasteiger partial charge in [-0.15, -0.1) is 0 Å². The van der Waals surface area contributed by atoms with Gasteiger partial charge in [-0.2, -0.15) is 0 Å². The molecule has 0 aromatic heterocycles. The van der Waals surface area contributed by atoms with Crippen LogP contribution in [0.3, 0.4) is 0 Å². The summed E-state index contributed by atoms with van der Waals surface area (Å²) >= 11 is 3.29. The fourth-order valence-electron chi connectivity index (χ4n) is 1.72. The summed E-state index contributed by atoms with van der Waals surface area (Å²) in [7, 11) is 2.01. The van der Waals surface area contributed by atoms with Gasteiger partial charge in [0, 0.05) is 23.8 Å². The molecule has 0 fully saturated rings. The lowest BCUT2D eigenvalue weighted by Crippen LogP contribution is -2.29. The Morgan fingerprint density at radius 3 is 2.41 bits per heavy atom. The van der Waals surface area contributed by atoms with Gasteiger partial charge in [0.15, 0.2) is 0 Å². The number of aromatic carboxylic acids is 1. The molecule has 0 amide bonds. The number of carboxylic acid groups (broad SMARTS) is 1. The van der Waals surface area contributed by atoms with Crippen molar-refractivity contribution in [1.29, 1.82) is 0 Å². The van der Waals surface area contributed by atoms with Gasteiger partial charge in [-0.1, -0.05) is 20.8 Å². The van der Waals surface area contributed by atoms with Crippen molar-refractivity contribution >= 4 is 27.6 Å². The second-order valence-electron chi connectivity index (χ2n) is 5.39. The predicted octanol–water partition coefficient (Wildman–Crippen LogP) is 3.63. The molecular formula is C13H18BrNO2. The number of rotatable bonds is 3. The van der Waals surface area contributed by atoms with Crippen molar-refractivity contribution < 1.29 is 9.90 Å². The van der Waals surface area contributed by atoms with Gasteiger partial charge in [-0.25, -0.2) is 4.79 Å².